The highest BCUT2D eigenvalue weighted by Crippen LogP contribution is 2.33. The van der Waals surface area contributed by atoms with Crippen LogP contribution in [0.4, 0.5) is 0 Å². The molecule has 2 aromatic carbocycles. The van der Waals surface area contributed by atoms with E-state index in [1.165, 1.54) is 11.1 Å². The van der Waals surface area contributed by atoms with E-state index in [4.69, 9.17) is 4.74 Å². The topological polar surface area (TPSA) is 21.6 Å². The van der Waals surface area contributed by atoms with Crippen LogP contribution in [0.2, 0.25) is 0 Å². The lowest BCUT2D eigenvalue weighted by molar-refractivity contribution is 0.371. The summed E-state index contributed by atoms with van der Waals surface area (Å²) < 4.78 is 6.16. The van der Waals surface area contributed by atoms with Gasteiger partial charge < -0.3 is 4.74 Å². The summed E-state index contributed by atoms with van der Waals surface area (Å²) in [4.78, 5) is 4.61. The molecular weight excluding hydrogens is 282 g/mol. The number of aliphatic imine (C=N–C) groups is 1. The lowest BCUT2D eigenvalue weighted by Gasteiger charge is -2.19. The summed E-state index contributed by atoms with van der Waals surface area (Å²) in [5.41, 5.74) is 4.65. The van der Waals surface area contributed by atoms with E-state index in [1.54, 1.807) is 0 Å². The standard InChI is InChI=1S/C21H23NO/c1-15-10-12-17(13-11-15)19(16-8-6-5-7-9-16)18-14-22-20(23-18)21(2,3)4/h5-13H,14H2,1-4H3/b19-18-. The molecule has 2 aromatic rings. The molecule has 1 heterocycles. The number of aryl methyl sites for hydroxylation is 1. The summed E-state index contributed by atoms with van der Waals surface area (Å²) >= 11 is 0. The Morgan fingerprint density at radius 3 is 2.09 bits per heavy atom. The summed E-state index contributed by atoms with van der Waals surface area (Å²) in [7, 11) is 0. The molecule has 1 aliphatic rings. The Labute approximate surface area is 138 Å². The Morgan fingerprint density at radius 1 is 0.913 bits per heavy atom. The van der Waals surface area contributed by atoms with Crippen molar-refractivity contribution in [2.45, 2.75) is 27.7 Å². The summed E-state index contributed by atoms with van der Waals surface area (Å²) in [6.45, 7) is 9.09. The molecule has 0 bridgehead atoms. The fourth-order valence-electron chi connectivity index (χ4n) is 2.66. The summed E-state index contributed by atoms with van der Waals surface area (Å²) in [5, 5.41) is 0. The van der Waals surface area contributed by atoms with Crippen LogP contribution >= 0.6 is 0 Å². The van der Waals surface area contributed by atoms with Crippen LogP contribution in [0.5, 0.6) is 0 Å². The molecule has 0 unspecified atom stereocenters. The molecule has 0 N–H and O–H groups in total. The van der Waals surface area contributed by atoms with Gasteiger partial charge in [-0.3, -0.25) is 0 Å². The highest BCUT2D eigenvalue weighted by molar-refractivity contribution is 5.89. The predicted octanol–water partition coefficient (Wildman–Crippen LogP) is 5.23. The van der Waals surface area contributed by atoms with E-state index in [1.807, 2.05) is 6.07 Å². The zero-order valence-electron chi connectivity index (χ0n) is 14.3. The minimum atomic E-state index is -0.0726. The normalized spacial score (nSPS) is 16.8. The molecule has 3 rings (SSSR count). The van der Waals surface area contributed by atoms with Crippen molar-refractivity contribution in [3.8, 4) is 0 Å². The molecule has 0 atom stereocenters. The van der Waals surface area contributed by atoms with Crippen LogP contribution in [0.3, 0.4) is 0 Å². The van der Waals surface area contributed by atoms with Crippen LogP contribution < -0.4 is 0 Å². The van der Waals surface area contributed by atoms with E-state index in [9.17, 15) is 0 Å². The number of hydrogen-bond acceptors (Lipinski definition) is 2. The molecule has 23 heavy (non-hydrogen) atoms. The molecular formula is C21H23NO. The van der Waals surface area contributed by atoms with E-state index in [2.05, 4.69) is 81.2 Å². The predicted molar refractivity (Wildman–Crippen MR) is 96.5 cm³/mol. The van der Waals surface area contributed by atoms with Crippen molar-refractivity contribution >= 4 is 11.5 Å². The van der Waals surface area contributed by atoms with Crippen molar-refractivity contribution < 1.29 is 4.74 Å². The van der Waals surface area contributed by atoms with E-state index in [0.717, 1.165) is 22.8 Å². The van der Waals surface area contributed by atoms with Gasteiger partial charge in [0.05, 0.1) is 0 Å². The van der Waals surface area contributed by atoms with Crippen molar-refractivity contribution in [1.82, 2.24) is 0 Å². The Bertz CT molecular complexity index is 747. The monoisotopic (exact) mass is 305 g/mol. The van der Waals surface area contributed by atoms with Crippen LogP contribution in [0.1, 0.15) is 37.5 Å². The van der Waals surface area contributed by atoms with Crippen molar-refractivity contribution in [2.75, 3.05) is 6.54 Å². The lowest BCUT2D eigenvalue weighted by atomic mass is 9.95. The third-order valence-corrected chi connectivity index (χ3v) is 3.91. The van der Waals surface area contributed by atoms with Crippen molar-refractivity contribution in [1.29, 1.82) is 0 Å². The van der Waals surface area contributed by atoms with Gasteiger partial charge in [-0.15, -0.1) is 0 Å². The molecule has 0 saturated heterocycles. The third-order valence-electron chi connectivity index (χ3n) is 3.91. The first kappa shape index (κ1) is 15.5. The molecule has 2 nitrogen and oxygen atoms in total. The maximum absolute atomic E-state index is 6.16. The third kappa shape index (κ3) is 3.37. The largest absolute Gasteiger partial charge is 0.444 e. The van der Waals surface area contributed by atoms with Crippen molar-refractivity contribution in [3.63, 3.8) is 0 Å². The Morgan fingerprint density at radius 2 is 1.52 bits per heavy atom. The van der Waals surface area contributed by atoms with Gasteiger partial charge in [0.1, 0.15) is 12.3 Å². The van der Waals surface area contributed by atoms with Gasteiger partial charge in [0.15, 0.2) is 5.90 Å². The lowest BCUT2D eigenvalue weighted by Crippen LogP contribution is -2.20. The van der Waals surface area contributed by atoms with Gasteiger partial charge in [0.25, 0.3) is 0 Å². The van der Waals surface area contributed by atoms with Gasteiger partial charge in [0.2, 0.25) is 0 Å². The molecule has 2 heteroatoms. The smallest absolute Gasteiger partial charge is 0.195 e. The van der Waals surface area contributed by atoms with E-state index >= 15 is 0 Å². The molecule has 0 saturated carbocycles. The number of rotatable bonds is 2. The highest BCUT2D eigenvalue weighted by atomic mass is 16.5. The summed E-state index contributed by atoms with van der Waals surface area (Å²) in [5.74, 6) is 1.75. The molecule has 0 amide bonds. The van der Waals surface area contributed by atoms with Gasteiger partial charge >= 0.3 is 0 Å². The van der Waals surface area contributed by atoms with E-state index < -0.39 is 0 Å². The van der Waals surface area contributed by atoms with Gasteiger partial charge in [-0.2, -0.15) is 0 Å². The number of ether oxygens (including phenoxy) is 1. The Hall–Kier alpha value is -2.35. The van der Waals surface area contributed by atoms with E-state index in [-0.39, 0.29) is 5.41 Å². The van der Waals surface area contributed by atoms with Crippen LogP contribution in [0.15, 0.2) is 65.3 Å². The fourth-order valence-corrected chi connectivity index (χ4v) is 2.66. The average molecular weight is 305 g/mol. The summed E-state index contributed by atoms with van der Waals surface area (Å²) in [6.07, 6.45) is 0. The van der Waals surface area contributed by atoms with Gasteiger partial charge in [-0.25, -0.2) is 4.99 Å². The summed E-state index contributed by atoms with van der Waals surface area (Å²) in [6, 6.07) is 19.0. The van der Waals surface area contributed by atoms with Crippen molar-refractivity contribution in [3.05, 3.63) is 77.0 Å². The molecule has 118 valence electrons. The zero-order chi connectivity index (χ0) is 16.4. The maximum Gasteiger partial charge on any atom is 0.195 e. The first-order chi connectivity index (χ1) is 10.9. The molecule has 0 aromatic heterocycles. The second-order valence-electron chi connectivity index (χ2n) is 7.00. The minimum Gasteiger partial charge on any atom is -0.444 e. The number of benzene rings is 2. The molecule has 0 radical (unpaired) electrons. The SMILES string of the molecule is Cc1ccc(/C(=C2/CN=C(C(C)(C)C)O2)c2ccccc2)cc1. The van der Waals surface area contributed by atoms with Crippen LogP contribution in [0, 0.1) is 12.3 Å². The van der Waals surface area contributed by atoms with Crippen LogP contribution in [-0.2, 0) is 4.74 Å². The van der Waals surface area contributed by atoms with Crippen LogP contribution in [0.25, 0.3) is 5.57 Å². The Balaban J connectivity index is 2.07. The van der Waals surface area contributed by atoms with Gasteiger partial charge in [-0.1, -0.05) is 80.9 Å². The number of hydrogen-bond donors (Lipinski definition) is 0. The molecule has 0 fully saturated rings. The van der Waals surface area contributed by atoms with E-state index in [0.29, 0.717) is 6.54 Å². The second-order valence-corrected chi connectivity index (χ2v) is 7.00. The van der Waals surface area contributed by atoms with Gasteiger partial charge in [-0.05, 0) is 18.1 Å². The Kier molecular flexibility index (Phi) is 4.08. The second kappa shape index (κ2) is 6.04. The first-order valence-corrected chi connectivity index (χ1v) is 8.03. The average Bonchev–Trinajstić information content (AvgIpc) is 3.00. The minimum absolute atomic E-state index is 0.0726. The number of nitrogens with zero attached hydrogens (tertiary/aromatic N) is 1. The fraction of sp³-hybridized carbons (Fsp3) is 0.286. The first-order valence-electron chi connectivity index (χ1n) is 8.03. The van der Waals surface area contributed by atoms with Gasteiger partial charge in [0, 0.05) is 11.0 Å². The van der Waals surface area contributed by atoms with Crippen molar-refractivity contribution in [2.24, 2.45) is 10.4 Å². The molecule has 0 aliphatic carbocycles. The highest BCUT2D eigenvalue weighted by Gasteiger charge is 2.28. The maximum atomic E-state index is 6.16. The zero-order valence-corrected chi connectivity index (χ0v) is 14.3. The van der Waals surface area contributed by atoms with Crippen LogP contribution in [-0.4, -0.2) is 12.4 Å². The molecule has 0 spiro atoms. The molecule has 1 aliphatic heterocycles. The quantitative estimate of drug-likeness (QED) is 0.744.